The van der Waals surface area contributed by atoms with E-state index in [1.54, 1.807) is 7.11 Å². The molecule has 1 aliphatic rings. The van der Waals surface area contributed by atoms with Gasteiger partial charge in [-0.15, -0.1) is 0 Å². The zero-order valence-electron chi connectivity index (χ0n) is 12.5. The Morgan fingerprint density at radius 1 is 1.24 bits per heavy atom. The molecular formula is C16H20N4O. The van der Waals surface area contributed by atoms with Crippen molar-refractivity contribution in [3.8, 4) is 17.4 Å². The molecule has 0 aromatic carbocycles. The highest BCUT2D eigenvalue weighted by molar-refractivity contribution is 5.54. The lowest BCUT2D eigenvalue weighted by Gasteiger charge is -2.09. The lowest BCUT2D eigenvalue weighted by molar-refractivity contribution is 0.398. The molecule has 5 nitrogen and oxygen atoms in total. The third-order valence-electron chi connectivity index (χ3n) is 3.46. The quantitative estimate of drug-likeness (QED) is 0.882. The van der Waals surface area contributed by atoms with Gasteiger partial charge in [-0.05, 0) is 25.3 Å². The van der Waals surface area contributed by atoms with E-state index in [1.165, 1.54) is 12.8 Å². The second-order valence-corrected chi connectivity index (χ2v) is 5.27. The third-order valence-corrected chi connectivity index (χ3v) is 3.46. The van der Waals surface area contributed by atoms with Crippen molar-refractivity contribution in [2.75, 3.05) is 19.0 Å². The van der Waals surface area contributed by atoms with E-state index < -0.39 is 0 Å². The topological polar surface area (TPSA) is 59.9 Å². The predicted molar refractivity (Wildman–Crippen MR) is 82.6 cm³/mol. The number of hydrogen-bond donors (Lipinski definition) is 1. The number of methoxy groups -OCH3 is 1. The van der Waals surface area contributed by atoms with Crippen molar-refractivity contribution in [1.82, 2.24) is 15.0 Å². The summed E-state index contributed by atoms with van der Waals surface area (Å²) in [5, 5.41) is 3.35. The van der Waals surface area contributed by atoms with E-state index >= 15 is 0 Å². The Bertz CT molecular complexity index is 625. The maximum atomic E-state index is 5.18. The fourth-order valence-electron chi connectivity index (χ4n) is 2.17. The fourth-order valence-corrected chi connectivity index (χ4v) is 2.17. The van der Waals surface area contributed by atoms with Crippen LogP contribution in [-0.2, 0) is 0 Å². The molecule has 110 valence electrons. The van der Waals surface area contributed by atoms with Gasteiger partial charge < -0.3 is 10.1 Å². The Hall–Kier alpha value is -2.17. The maximum Gasteiger partial charge on any atom is 0.213 e. The lowest BCUT2D eigenvalue weighted by atomic mass is 10.2. The van der Waals surface area contributed by atoms with Crippen LogP contribution in [0.2, 0.25) is 0 Å². The summed E-state index contributed by atoms with van der Waals surface area (Å²) in [6.07, 6.45) is 3.50. The van der Waals surface area contributed by atoms with Crippen LogP contribution in [0, 0.1) is 0 Å². The van der Waals surface area contributed by atoms with E-state index in [1.807, 2.05) is 18.2 Å². The third kappa shape index (κ3) is 3.29. The number of pyridine rings is 1. The molecule has 0 spiro atoms. The van der Waals surface area contributed by atoms with Gasteiger partial charge in [-0.2, -0.15) is 0 Å². The first kappa shape index (κ1) is 13.8. The highest BCUT2D eigenvalue weighted by atomic mass is 16.5. The van der Waals surface area contributed by atoms with E-state index in [0.717, 1.165) is 30.2 Å². The van der Waals surface area contributed by atoms with Crippen molar-refractivity contribution in [3.63, 3.8) is 0 Å². The molecule has 0 atom stereocenters. The van der Waals surface area contributed by atoms with Gasteiger partial charge in [-0.3, -0.25) is 0 Å². The fraction of sp³-hybridized carbons (Fsp3) is 0.438. The van der Waals surface area contributed by atoms with Crippen LogP contribution >= 0.6 is 0 Å². The van der Waals surface area contributed by atoms with E-state index in [-0.39, 0.29) is 0 Å². The van der Waals surface area contributed by atoms with Gasteiger partial charge in [0.1, 0.15) is 11.5 Å². The van der Waals surface area contributed by atoms with E-state index in [4.69, 9.17) is 4.74 Å². The minimum atomic E-state index is 0.580. The van der Waals surface area contributed by atoms with Crippen molar-refractivity contribution in [2.24, 2.45) is 0 Å². The van der Waals surface area contributed by atoms with Gasteiger partial charge in [0.2, 0.25) is 5.88 Å². The van der Waals surface area contributed by atoms with Gasteiger partial charge in [0.05, 0.1) is 7.11 Å². The Kier molecular flexibility index (Phi) is 3.99. The molecule has 0 amide bonds. The molecule has 0 unspecified atom stereocenters. The van der Waals surface area contributed by atoms with Crippen LogP contribution in [0.3, 0.4) is 0 Å². The molecule has 1 saturated carbocycles. The zero-order chi connectivity index (χ0) is 14.7. The molecule has 0 saturated heterocycles. The first-order valence-corrected chi connectivity index (χ1v) is 7.44. The molecule has 3 rings (SSSR count). The largest absolute Gasteiger partial charge is 0.481 e. The Balaban J connectivity index is 1.97. The number of aromatic nitrogens is 3. The van der Waals surface area contributed by atoms with Crippen molar-refractivity contribution in [3.05, 3.63) is 30.0 Å². The Morgan fingerprint density at radius 3 is 2.81 bits per heavy atom. The minimum absolute atomic E-state index is 0.580. The summed E-state index contributed by atoms with van der Waals surface area (Å²) in [5.41, 5.74) is 1.86. The van der Waals surface area contributed by atoms with E-state index in [0.29, 0.717) is 17.6 Å². The van der Waals surface area contributed by atoms with Gasteiger partial charge in [0.15, 0.2) is 5.82 Å². The summed E-state index contributed by atoms with van der Waals surface area (Å²) in [6.45, 7) is 3.05. The molecule has 2 heterocycles. The number of rotatable bonds is 6. The number of ether oxygens (including phenoxy) is 1. The van der Waals surface area contributed by atoms with Crippen LogP contribution < -0.4 is 10.1 Å². The van der Waals surface area contributed by atoms with Gasteiger partial charge in [-0.25, -0.2) is 15.0 Å². The summed E-state index contributed by atoms with van der Waals surface area (Å²) >= 11 is 0. The van der Waals surface area contributed by atoms with E-state index in [9.17, 15) is 0 Å². The Labute approximate surface area is 124 Å². The molecule has 5 heteroatoms. The maximum absolute atomic E-state index is 5.18. The van der Waals surface area contributed by atoms with Gasteiger partial charge in [0, 0.05) is 30.3 Å². The molecule has 0 radical (unpaired) electrons. The summed E-state index contributed by atoms with van der Waals surface area (Å²) in [7, 11) is 1.61. The first-order chi connectivity index (χ1) is 10.3. The molecule has 2 aromatic rings. The summed E-state index contributed by atoms with van der Waals surface area (Å²) in [4.78, 5) is 13.7. The normalized spacial score (nSPS) is 14.0. The molecule has 1 fully saturated rings. The summed E-state index contributed by atoms with van der Waals surface area (Å²) in [6, 6.07) is 7.72. The van der Waals surface area contributed by atoms with Crippen molar-refractivity contribution in [1.29, 1.82) is 0 Å². The molecule has 1 aliphatic carbocycles. The minimum Gasteiger partial charge on any atom is -0.481 e. The Morgan fingerprint density at radius 2 is 2.10 bits per heavy atom. The standard InChI is InChI=1S/C16H20N4O/c1-3-9-17-14-10-13(11-7-8-11)19-16(20-14)12-5-4-6-15(18-12)21-2/h4-6,10-11H,3,7-9H2,1-2H3,(H,17,19,20). The van der Waals surface area contributed by atoms with Crippen molar-refractivity contribution in [2.45, 2.75) is 32.1 Å². The predicted octanol–water partition coefficient (Wildman–Crippen LogP) is 3.25. The number of nitrogens with zero attached hydrogens (tertiary/aromatic N) is 3. The molecule has 0 bridgehead atoms. The van der Waals surface area contributed by atoms with Crippen LogP contribution in [0.1, 0.15) is 37.8 Å². The van der Waals surface area contributed by atoms with Crippen LogP contribution in [0.15, 0.2) is 24.3 Å². The van der Waals surface area contributed by atoms with Crippen molar-refractivity contribution >= 4 is 5.82 Å². The van der Waals surface area contributed by atoms with Crippen LogP contribution in [0.4, 0.5) is 5.82 Å². The van der Waals surface area contributed by atoms with Crippen LogP contribution in [-0.4, -0.2) is 28.6 Å². The molecule has 0 aliphatic heterocycles. The molecular weight excluding hydrogens is 264 g/mol. The highest BCUT2D eigenvalue weighted by Crippen LogP contribution is 2.40. The zero-order valence-corrected chi connectivity index (χ0v) is 12.5. The number of nitrogens with one attached hydrogen (secondary N) is 1. The average Bonchev–Trinajstić information content (AvgIpc) is 3.37. The average molecular weight is 284 g/mol. The van der Waals surface area contributed by atoms with Crippen LogP contribution in [0.25, 0.3) is 11.5 Å². The SMILES string of the molecule is CCCNc1cc(C2CC2)nc(-c2cccc(OC)n2)n1. The highest BCUT2D eigenvalue weighted by Gasteiger charge is 2.26. The van der Waals surface area contributed by atoms with Gasteiger partial charge in [-0.1, -0.05) is 13.0 Å². The monoisotopic (exact) mass is 284 g/mol. The first-order valence-electron chi connectivity index (χ1n) is 7.44. The number of anilines is 1. The van der Waals surface area contributed by atoms with Crippen molar-refractivity contribution < 1.29 is 4.74 Å². The summed E-state index contributed by atoms with van der Waals surface area (Å²) in [5.74, 6) is 2.71. The van der Waals surface area contributed by atoms with E-state index in [2.05, 4.69) is 33.3 Å². The van der Waals surface area contributed by atoms with Crippen LogP contribution in [0.5, 0.6) is 5.88 Å². The van der Waals surface area contributed by atoms with Gasteiger partial charge >= 0.3 is 0 Å². The summed E-state index contributed by atoms with van der Waals surface area (Å²) < 4.78 is 5.18. The smallest absolute Gasteiger partial charge is 0.213 e. The molecule has 21 heavy (non-hydrogen) atoms. The second-order valence-electron chi connectivity index (χ2n) is 5.27. The molecule has 1 N–H and O–H groups in total. The number of hydrogen-bond acceptors (Lipinski definition) is 5. The van der Waals surface area contributed by atoms with Gasteiger partial charge in [0.25, 0.3) is 0 Å². The second kappa shape index (κ2) is 6.08. The molecule has 2 aromatic heterocycles. The lowest BCUT2D eigenvalue weighted by Crippen LogP contribution is -2.06.